The van der Waals surface area contributed by atoms with Crippen molar-refractivity contribution < 1.29 is 18.7 Å². The lowest BCUT2D eigenvalue weighted by atomic mass is 10.2. The Balaban J connectivity index is 2.01. The quantitative estimate of drug-likeness (QED) is 0.784. The van der Waals surface area contributed by atoms with Crippen LogP contribution in [-0.2, 0) is 16.0 Å². The average molecular weight is 370 g/mol. The molecule has 1 aromatic heterocycles. The summed E-state index contributed by atoms with van der Waals surface area (Å²) in [6, 6.07) is 5.64. The SMILES string of the molecule is CCc1sc(C(=O)O[C@@H](C)C(=O)Nc2ccc(Cl)cc2F)cc1C. The van der Waals surface area contributed by atoms with Gasteiger partial charge in [0.15, 0.2) is 6.10 Å². The molecule has 1 heterocycles. The zero-order valence-corrected chi connectivity index (χ0v) is 15.1. The van der Waals surface area contributed by atoms with Crippen LogP contribution in [0.15, 0.2) is 24.3 Å². The third-order valence-electron chi connectivity index (χ3n) is 3.38. The first-order valence-electron chi connectivity index (χ1n) is 7.38. The van der Waals surface area contributed by atoms with Crippen LogP contribution in [0.25, 0.3) is 0 Å². The van der Waals surface area contributed by atoms with Crippen molar-refractivity contribution in [1.82, 2.24) is 0 Å². The van der Waals surface area contributed by atoms with Crippen LogP contribution in [0.1, 0.15) is 34.0 Å². The Morgan fingerprint density at radius 2 is 2.08 bits per heavy atom. The summed E-state index contributed by atoms with van der Waals surface area (Å²) in [7, 11) is 0. The molecule has 0 aliphatic rings. The molecule has 0 unspecified atom stereocenters. The Kier molecular flexibility index (Phi) is 5.96. The van der Waals surface area contributed by atoms with Gasteiger partial charge in [-0.2, -0.15) is 0 Å². The predicted molar refractivity (Wildman–Crippen MR) is 93.4 cm³/mol. The van der Waals surface area contributed by atoms with Gasteiger partial charge in [0.1, 0.15) is 10.7 Å². The summed E-state index contributed by atoms with van der Waals surface area (Å²) in [6.45, 7) is 5.36. The minimum Gasteiger partial charge on any atom is -0.448 e. The second-order valence-electron chi connectivity index (χ2n) is 5.23. The van der Waals surface area contributed by atoms with Crippen LogP contribution in [0.3, 0.4) is 0 Å². The average Bonchev–Trinajstić information content (AvgIpc) is 2.91. The minimum absolute atomic E-state index is 0.0208. The van der Waals surface area contributed by atoms with Crippen LogP contribution >= 0.6 is 22.9 Å². The third-order valence-corrected chi connectivity index (χ3v) is 4.98. The Morgan fingerprint density at radius 1 is 1.38 bits per heavy atom. The van der Waals surface area contributed by atoms with Gasteiger partial charge in [-0.15, -0.1) is 11.3 Å². The number of carbonyl (C=O) groups excluding carboxylic acids is 2. The van der Waals surface area contributed by atoms with Gasteiger partial charge in [-0.25, -0.2) is 9.18 Å². The highest BCUT2D eigenvalue weighted by molar-refractivity contribution is 7.14. The first kappa shape index (κ1) is 18.4. The number of nitrogens with one attached hydrogen (secondary N) is 1. The number of amides is 1. The summed E-state index contributed by atoms with van der Waals surface area (Å²) < 4.78 is 18.8. The van der Waals surface area contributed by atoms with E-state index in [0.29, 0.717) is 4.88 Å². The van der Waals surface area contributed by atoms with Crippen molar-refractivity contribution in [3.8, 4) is 0 Å². The molecule has 1 atom stereocenters. The van der Waals surface area contributed by atoms with E-state index >= 15 is 0 Å². The molecule has 0 spiro atoms. The smallest absolute Gasteiger partial charge is 0.349 e. The Morgan fingerprint density at radius 3 is 2.67 bits per heavy atom. The molecule has 0 saturated heterocycles. The predicted octanol–water partition coefficient (Wildman–Crippen LogP) is 4.60. The van der Waals surface area contributed by atoms with Gasteiger partial charge in [-0.3, -0.25) is 4.79 Å². The number of thiophene rings is 1. The lowest BCUT2D eigenvalue weighted by molar-refractivity contribution is -0.123. The van der Waals surface area contributed by atoms with Gasteiger partial charge in [0, 0.05) is 9.90 Å². The van der Waals surface area contributed by atoms with Crippen molar-refractivity contribution in [3.05, 3.63) is 50.4 Å². The first-order valence-corrected chi connectivity index (χ1v) is 8.57. The molecule has 0 fully saturated rings. The van der Waals surface area contributed by atoms with Gasteiger partial charge in [-0.1, -0.05) is 18.5 Å². The molecular weight excluding hydrogens is 353 g/mol. The zero-order chi connectivity index (χ0) is 17.9. The highest BCUT2D eigenvalue weighted by atomic mass is 35.5. The Labute approximate surface area is 148 Å². The zero-order valence-electron chi connectivity index (χ0n) is 13.5. The highest BCUT2D eigenvalue weighted by Gasteiger charge is 2.21. The van der Waals surface area contributed by atoms with E-state index in [-0.39, 0.29) is 10.7 Å². The van der Waals surface area contributed by atoms with Crippen LogP contribution in [0, 0.1) is 12.7 Å². The largest absolute Gasteiger partial charge is 0.448 e. The molecule has 7 heteroatoms. The molecule has 128 valence electrons. The first-order chi connectivity index (χ1) is 11.3. The Hall–Kier alpha value is -1.92. The maximum Gasteiger partial charge on any atom is 0.349 e. The topological polar surface area (TPSA) is 55.4 Å². The van der Waals surface area contributed by atoms with Crippen LogP contribution in [0.2, 0.25) is 5.02 Å². The van der Waals surface area contributed by atoms with E-state index in [1.54, 1.807) is 6.07 Å². The molecule has 0 bridgehead atoms. The van der Waals surface area contributed by atoms with Crippen LogP contribution in [0.5, 0.6) is 0 Å². The standard InChI is InChI=1S/C17H17ClFNO3S/c1-4-14-9(2)7-15(24-14)17(22)23-10(3)16(21)20-13-6-5-11(18)8-12(13)19/h5-8,10H,4H2,1-3H3,(H,20,21)/t10-/m0/s1. The van der Waals surface area contributed by atoms with E-state index in [1.165, 1.54) is 30.4 Å². The number of halogens is 2. The highest BCUT2D eigenvalue weighted by Crippen LogP contribution is 2.24. The van der Waals surface area contributed by atoms with Gasteiger partial charge in [0.2, 0.25) is 0 Å². The summed E-state index contributed by atoms with van der Waals surface area (Å²) in [6.07, 6.45) is -0.226. The third kappa shape index (κ3) is 4.33. The normalized spacial score (nSPS) is 11.9. The summed E-state index contributed by atoms with van der Waals surface area (Å²) in [5.41, 5.74) is 1.00. The van der Waals surface area contributed by atoms with Crippen molar-refractivity contribution in [1.29, 1.82) is 0 Å². The number of ether oxygens (including phenoxy) is 1. The van der Waals surface area contributed by atoms with Gasteiger partial charge in [-0.05, 0) is 50.1 Å². The van der Waals surface area contributed by atoms with Crippen molar-refractivity contribution in [2.75, 3.05) is 5.32 Å². The fraction of sp³-hybridized carbons (Fsp3) is 0.294. The van der Waals surface area contributed by atoms with Crippen molar-refractivity contribution in [2.45, 2.75) is 33.3 Å². The summed E-state index contributed by atoms with van der Waals surface area (Å²) in [5, 5.41) is 2.60. The van der Waals surface area contributed by atoms with E-state index < -0.39 is 23.8 Å². The van der Waals surface area contributed by atoms with Crippen LogP contribution < -0.4 is 5.32 Å². The summed E-state index contributed by atoms with van der Waals surface area (Å²) in [5.74, 6) is -1.84. The van der Waals surface area contributed by atoms with Crippen molar-refractivity contribution in [2.24, 2.45) is 0 Å². The van der Waals surface area contributed by atoms with E-state index in [9.17, 15) is 14.0 Å². The number of rotatable bonds is 5. The van der Waals surface area contributed by atoms with E-state index in [0.717, 1.165) is 22.9 Å². The second-order valence-corrected chi connectivity index (χ2v) is 6.80. The second kappa shape index (κ2) is 7.77. The fourth-order valence-electron chi connectivity index (χ4n) is 2.07. The van der Waals surface area contributed by atoms with Gasteiger partial charge in [0.05, 0.1) is 5.69 Å². The lowest BCUT2D eigenvalue weighted by Gasteiger charge is -2.13. The van der Waals surface area contributed by atoms with Crippen molar-refractivity contribution in [3.63, 3.8) is 0 Å². The maximum absolute atomic E-state index is 13.7. The van der Waals surface area contributed by atoms with E-state index in [4.69, 9.17) is 16.3 Å². The molecule has 0 radical (unpaired) electrons. The number of hydrogen-bond donors (Lipinski definition) is 1. The molecule has 2 aromatic rings. The van der Waals surface area contributed by atoms with Crippen LogP contribution in [-0.4, -0.2) is 18.0 Å². The molecule has 1 N–H and O–H groups in total. The molecule has 0 saturated carbocycles. The number of carbonyl (C=O) groups is 2. The maximum atomic E-state index is 13.7. The Bertz CT molecular complexity index is 775. The molecule has 0 aliphatic carbocycles. The van der Waals surface area contributed by atoms with E-state index in [2.05, 4.69) is 5.32 Å². The van der Waals surface area contributed by atoms with E-state index in [1.807, 2.05) is 13.8 Å². The molecule has 1 aromatic carbocycles. The number of esters is 1. The molecule has 4 nitrogen and oxygen atoms in total. The molecule has 1 amide bonds. The van der Waals surface area contributed by atoms with Crippen molar-refractivity contribution >= 4 is 40.5 Å². The molecule has 24 heavy (non-hydrogen) atoms. The van der Waals surface area contributed by atoms with Gasteiger partial charge < -0.3 is 10.1 Å². The van der Waals surface area contributed by atoms with Crippen LogP contribution in [0.4, 0.5) is 10.1 Å². The molecule has 2 rings (SSSR count). The van der Waals surface area contributed by atoms with Gasteiger partial charge >= 0.3 is 5.97 Å². The minimum atomic E-state index is -1.06. The summed E-state index contributed by atoms with van der Waals surface area (Å²) in [4.78, 5) is 25.7. The fourth-order valence-corrected chi connectivity index (χ4v) is 3.22. The number of aryl methyl sites for hydroxylation is 2. The monoisotopic (exact) mass is 369 g/mol. The molecular formula is C17H17ClFNO3S. The number of benzene rings is 1. The lowest BCUT2D eigenvalue weighted by Crippen LogP contribution is -2.30. The van der Waals surface area contributed by atoms with Gasteiger partial charge in [0.25, 0.3) is 5.91 Å². The molecule has 0 aliphatic heterocycles. The number of hydrogen-bond acceptors (Lipinski definition) is 4. The number of anilines is 1. The summed E-state index contributed by atoms with van der Waals surface area (Å²) >= 11 is 7.01.